The molecule has 2 nitrogen and oxygen atoms in total. The topological polar surface area (TPSA) is 21.3 Å². The molecule has 0 radical (unpaired) electrons. The lowest BCUT2D eigenvalue weighted by Gasteiger charge is -2.47. The van der Waals surface area contributed by atoms with Crippen molar-refractivity contribution in [2.75, 3.05) is 20.2 Å². The molecule has 1 aliphatic carbocycles. The van der Waals surface area contributed by atoms with E-state index >= 15 is 0 Å². The normalized spacial score (nSPS) is 22.8. The van der Waals surface area contributed by atoms with Crippen molar-refractivity contribution in [1.29, 1.82) is 0 Å². The molecule has 1 aromatic carbocycles. The van der Waals surface area contributed by atoms with Gasteiger partial charge < -0.3 is 10.1 Å². The maximum absolute atomic E-state index is 5.53. The van der Waals surface area contributed by atoms with E-state index in [0.717, 1.165) is 5.75 Å². The van der Waals surface area contributed by atoms with Gasteiger partial charge in [-0.1, -0.05) is 17.7 Å². The second-order valence-corrected chi connectivity index (χ2v) is 6.12. The molecule has 2 heteroatoms. The first-order valence-corrected chi connectivity index (χ1v) is 7.08. The summed E-state index contributed by atoms with van der Waals surface area (Å²) in [6.45, 7) is 4.65. The fraction of sp³-hybridized carbons (Fsp3) is 0.625. The van der Waals surface area contributed by atoms with Crippen LogP contribution in [0.2, 0.25) is 0 Å². The molecular formula is C16H23NO. The quantitative estimate of drug-likeness (QED) is 0.863. The summed E-state index contributed by atoms with van der Waals surface area (Å²) in [6, 6.07) is 6.59. The van der Waals surface area contributed by atoms with Crippen LogP contribution in [0.5, 0.6) is 5.75 Å². The molecule has 3 rings (SSSR count). The van der Waals surface area contributed by atoms with Crippen LogP contribution in [0.1, 0.15) is 42.7 Å². The third kappa shape index (κ3) is 2.03. The van der Waals surface area contributed by atoms with Gasteiger partial charge in [-0.25, -0.2) is 0 Å². The van der Waals surface area contributed by atoms with Gasteiger partial charge >= 0.3 is 0 Å². The van der Waals surface area contributed by atoms with E-state index in [-0.39, 0.29) is 0 Å². The number of ether oxygens (including phenoxy) is 1. The first-order valence-electron chi connectivity index (χ1n) is 7.08. The zero-order chi connectivity index (χ0) is 12.6. The molecule has 0 aromatic heterocycles. The van der Waals surface area contributed by atoms with E-state index in [0.29, 0.717) is 11.3 Å². The monoisotopic (exact) mass is 245 g/mol. The van der Waals surface area contributed by atoms with E-state index in [2.05, 4.69) is 30.4 Å². The highest BCUT2D eigenvalue weighted by Crippen LogP contribution is 2.46. The van der Waals surface area contributed by atoms with Crippen LogP contribution in [-0.4, -0.2) is 20.2 Å². The van der Waals surface area contributed by atoms with Crippen molar-refractivity contribution in [3.63, 3.8) is 0 Å². The Morgan fingerprint density at radius 1 is 1.22 bits per heavy atom. The van der Waals surface area contributed by atoms with Crippen LogP contribution >= 0.6 is 0 Å². The Hall–Kier alpha value is -1.02. The Morgan fingerprint density at radius 2 is 1.94 bits per heavy atom. The highest BCUT2D eigenvalue weighted by Gasteiger charge is 2.40. The largest absolute Gasteiger partial charge is 0.496 e. The fourth-order valence-corrected chi connectivity index (χ4v) is 3.55. The van der Waals surface area contributed by atoms with E-state index in [9.17, 15) is 0 Å². The molecule has 1 heterocycles. The van der Waals surface area contributed by atoms with E-state index in [4.69, 9.17) is 4.74 Å². The molecule has 2 aliphatic rings. The molecular weight excluding hydrogens is 222 g/mol. The van der Waals surface area contributed by atoms with Gasteiger partial charge in [-0.15, -0.1) is 0 Å². The van der Waals surface area contributed by atoms with Crippen molar-refractivity contribution in [3.05, 3.63) is 29.3 Å². The van der Waals surface area contributed by atoms with Crippen molar-refractivity contribution in [2.45, 2.75) is 38.5 Å². The molecule has 18 heavy (non-hydrogen) atoms. The predicted octanol–water partition coefficient (Wildman–Crippen LogP) is 3.25. The van der Waals surface area contributed by atoms with E-state index in [1.807, 2.05) is 0 Å². The molecule has 1 aromatic rings. The van der Waals surface area contributed by atoms with Gasteiger partial charge in [0.2, 0.25) is 0 Å². The summed E-state index contributed by atoms with van der Waals surface area (Å²) in [7, 11) is 1.79. The van der Waals surface area contributed by atoms with Gasteiger partial charge in [-0.3, -0.25) is 0 Å². The van der Waals surface area contributed by atoms with Crippen molar-refractivity contribution in [3.8, 4) is 5.75 Å². The van der Waals surface area contributed by atoms with Crippen LogP contribution in [0, 0.1) is 12.3 Å². The van der Waals surface area contributed by atoms with E-state index in [1.165, 1.54) is 49.9 Å². The maximum atomic E-state index is 5.53. The summed E-state index contributed by atoms with van der Waals surface area (Å²) in [5.41, 5.74) is 3.42. The predicted molar refractivity (Wildman–Crippen MR) is 74.2 cm³/mol. The molecule has 0 atom stereocenters. The van der Waals surface area contributed by atoms with Gasteiger partial charge in [0.25, 0.3) is 0 Å². The van der Waals surface area contributed by atoms with Gasteiger partial charge in [0, 0.05) is 13.1 Å². The molecule has 1 spiro atoms. The highest BCUT2D eigenvalue weighted by atomic mass is 16.5. The van der Waals surface area contributed by atoms with E-state index in [1.54, 1.807) is 7.11 Å². The van der Waals surface area contributed by atoms with Gasteiger partial charge in [-0.05, 0) is 55.6 Å². The fourth-order valence-electron chi connectivity index (χ4n) is 3.55. The first kappa shape index (κ1) is 12.0. The molecule has 0 amide bonds. The second-order valence-electron chi connectivity index (χ2n) is 6.12. The van der Waals surface area contributed by atoms with Gasteiger partial charge in [0.1, 0.15) is 5.75 Å². The van der Waals surface area contributed by atoms with Crippen molar-refractivity contribution in [1.82, 2.24) is 5.32 Å². The van der Waals surface area contributed by atoms with Gasteiger partial charge in [-0.2, -0.15) is 0 Å². The SMILES string of the molecule is COc1ccc(C)cc1C1CCC2(CC1)CNC2. The third-order valence-electron chi connectivity index (χ3n) is 4.87. The number of methoxy groups -OCH3 is 1. The minimum absolute atomic E-state index is 0.646. The maximum Gasteiger partial charge on any atom is 0.122 e. The van der Waals surface area contributed by atoms with E-state index < -0.39 is 0 Å². The molecule has 0 bridgehead atoms. The Morgan fingerprint density at radius 3 is 2.50 bits per heavy atom. The Balaban J connectivity index is 1.77. The standard InChI is InChI=1S/C16H23NO/c1-12-3-4-15(18-2)14(9-12)13-5-7-16(8-6-13)10-17-11-16/h3-4,9,13,17H,5-8,10-11H2,1-2H3. The summed E-state index contributed by atoms with van der Waals surface area (Å²) < 4.78 is 5.53. The smallest absolute Gasteiger partial charge is 0.122 e. The molecule has 98 valence electrons. The number of aryl methyl sites for hydroxylation is 1. The number of hydrogen-bond donors (Lipinski definition) is 1. The van der Waals surface area contributed by atoms with Crippen LogP contribution in [0.3, 0.4) is 0 Å². The summed E-state index contributed by atoms with van der Waals surface area (Å²) >= 11 is 0. The number of hydrogen-bond acceptors (Lipinski definition) is 2. The minimum atomic E-state index is 0.646. The van der Waals surface area contributed by atoms with Crippen LogP contribution < -0.4 is 10.1 Å². The van der Waals surface area contributed by atoms with Crippen molar-refractivity contribution < 1.29 is 4.74 Å². The number of benzene rings is 1. The minimum Gasteiger partial charge on any atom is -0.496 e. The van der Waals surface area contributed by atoms with Crippen LogP contribution in [0.25, 0.3) is 0 Å². The van der Waals surface area contributed by atoms with Crippen LogP contribution in [0.15, 0.2) is 18.2 Å². The lowest BCUT2D eigenvalue weighted by atomic mass is 9.65. The highest BCUT2D eigenvalue weighted by molar-refractivity contribution is 5.39. The van der Waals surface area contributed by atoms with Crippen molar-refractivity contribution in [2.24, 2.45) is 5.41 Å². The molecule has 1 aliphatic heterocycles. The van der Waals surface area contributed by atoms with Crippen molar-refractivity contribution >= 4 is 0 Å². The second kappa shape index (κ2) is 4.58. The number of rotatable bonds is 2. The Bertz CT molecular complexity index is 427. The molecule has 2 fully saturated rings. The lowest BCUT2D eigenvalue weighted by Crippen LogP contribution is -2.54. The lowest BCUT2D eigenvalue weighted by molar-refractivity contribution is 0.0970. The zero-order valence-corrected chi connectivity index (χ0v) is 11.5. The zero-order valence-electron chi connectivity index (χ0n) is 11.5. The Kier molecular flexibility index (Phi) is 3.06. The third-order valence-corrected chi connectivity index (χ3v) is 4.87. The van der Waals surface area contributed by atoms with Gasteiger partial charge in [0.05, 0.1) is 7.11 Å². The molecule has 1 saturated carbocycles. The molecule has 0 unspecified atom stereocenters. The summed E-state index contributed by atoms with van der Waals surface area (Å²) in [5, 5.41) is 3.43. The van der Waals surface area contributed by atoms with Gasteiger partial charge in [0.15, 0.2) is 0 Å². The first-order chi connectivity index (χ1) is 8.72. The average molecular weight is 245 g/mol. The molecule has 1 saturated heterocycles. The Labute approximate surface area is 110 Å². The average Bonchev–Trinajstić information content (AvgIpc) is 2.37. The summed E-state index contributed by atoms with van der Waals surface area (Å²) in [6.07, 6.45) is 5.40. The van der Waals surface area contributed by atoms with Crippen LogP contribution in [-0.2, 0) is 0 Å². The number of nitrogens with one attached hydrogen (secondary N) is 1. The molecule has 1 N–H and O–H groups in total. The summed E-state index contributed by atoms with van der Waals surface area (Å²) in [5.74, 6) is 1.78. The summed E-state index contributed by atoms with van der Waals surface area (Å²) in [4.78, 5) is 0. The van der Waals surface area contributed by atoms with Crippen LogP contribution in [0.4, 0.5) is 0 Å².